The molecule has 0 unspecified atom stereocenters. The van der Waals surface area contributed by atoms with Crippen LogP contribution in [0.4, 0.5) is 5.69 Å². The minimum atomic E-state index is 0.121. The largest absolute Gasteiger partial charge is 0.370 e. The van der Waals surface area contributed by atoms with E-state index >= 15 is 0 Å². The number of amides is 1. The van der Waals surface area contributed by atoms with Crippen molar-refractivity contribution in [2.45, 2.75) is 44.1 Å². The lowest BCUT2D eigenvalue weighted by Crippen LogP contribution is -2.54. The topological polar surface area (TPSA) is 39.7 Å². The number of rotatable bonds is 4. The van der Waals surface area contributed by atoms with Crippen LogP contribution in [-0.4, -0.2) is 65.5 Å². The van der Waals surface area contributed by atoms with Gasteiger partial charge >= 0.3 is 0 Å². The summed E-state index contributed by atoms with van der Waals surface area (Å²) in [5, 5.41) is 0. The van der Waals surface area contributed by atoms with Gasteiger partial charge in [0, 0.05) is 44.3 Å². The van der Waals surface area contributed by atoms with Crippen molar-refractivity contribution in [3.63, 3.8) is 0 Å². The van der Waals surface area contributed by atoms with Gasteiger partial charge in [-0.05, 0) is 57.3 Å². The van der Waals surface area contributed by atoms with Gasteiger partial charge in [-0.25, -0.2) is 0 Å². The molecule has 0 aliphatic carbocycles. The first-order valence-corrected chi connectivity index (χ1v) is 9.45. The van der Waals surface area contributed by atoms with Gasteiger partial charge in [0.25, 0.3) is 0 Å². The number of pyridine rings is 1. The number of likely N-dealkylation sites (tertiary alicyclic amines) is 2. The lowest BCUT2D eigenvalue weighted by molar-refractivity contribution is -0.132. The number of carbonyl (C=O) groups excluding carboxylic acids is 1. The Morgan fingerprint density at radius 3 is 2.54 bits per heavy atom. The number of nitrogens with zero attached hydrogens (tertiary/aromatic N) is 4. The Hall–Kier alpha value is -1.62. The highest BCUT2D eigenvalue weighted by Crippen LogP contribution is 2.39. The van der Waals surface area contributed by atoms with Crippen molar-refractivity contribution >= 4 is 11.6 Å². The van der Waals surface area contributed by atoms with E-state index < -0.39 is 0 Å². The standard InChI is InChI=1S/C19H28N4O/c24-18-5-6-19(23(18)15-14-21-10-1-2-11-21)7-12-22(13-8-19)17-4-3-9-20-16-17/h3-4,9,16H,1-2,5-8,10-15H2. The van der Waals surface area contributed by atoms with Crippen LogP contribution in [-0.2, 0) is 4.79 Å². The van der Waals surface area contributed by atoms with Crippen LogP contribution in [0.5, 0.6) is 0 Å². The van der Waals surface area contributed by atoms with Crippen LogP contribution < -0.4 is 4.90 Å². The molecule has 24 heavy (non-hydrogen) atoms. The van der Waals surface area contributed by atoms with Gasteiger partial charge in [0.2, 0.25) is 5.91 Å². The fraction of sp³-hybridized carbons (Fsp3) is 0.684. The predicted octanol–water partition coefficient (Wildman–Crippen LogP) is 2.14. The monoisotopic (exact) mass is 328 g/mol. The van der Waals surface area contributed by atoms with E-state index in [4.69, 9.17) is 0 Å². The Kier molecular flexibility index (Phi) is 4.44. The third-order valence-electron chi connectivity index (χ3n) is 6.22. The van der Waals surface area contributed by atoms with Crippen molar-refractivity contribution in [3.05, 3.63) is 24.5 Å². The van der Waals surface area contributed by atoms with Crippen LogP contribution in [0.25, 0.3) is 0 Å². The molecule has 1 aromatic heterocycles. The minimum Gasteiger partial charge on any atom is -0.370 e. The van der Waals surface area contributed by atoms with Gasteiger partial charge < -0.3 is 14.7 Å². The SMILES string of the molecule is O=C1CCC2(CCN(c3cccnc3)CC2)N1CCN1CCCC1. The molecule has 4 heterocycles. The first-order valence-electron chi connectivity index (χ1n) is 9.45. The van der Waals surface area contributed by atoms with Crippen molar-refractivity contribution in [2.24, 2.45) is 0 Å². The average Bonchev–Trinajstić information content (AvgIpc) is 3.24. The fourth-order valence-corrected chi connectivity index (χ4v) is 4.73. The van der Waals surface area contributed by atoms with Crippen LogP contribution in [0, 0.1) is 0 Å². The smallest absolute Gasteiger partial charge is 0.223 e. The van der Waals surface area contributed by atoms with Gasteiger partial charge in [-0.1, -0.05) is 0 Å². The number of anilines is 1. The molecule has 0 atom stereocenters. The maximum atomic E-state index is 12.5. The van der Waals surface area contributed by atoms with Crippen LogP contribution in [0.2, 0.25) is 0 Å². The molecule has 0 saturated carbocycles. The maximum absolute atomic E-state index is 12.5. The fourth-order valence-electron chi connectivity index (χ4n) is 4.73. The zero-order valence-electron chi connectivity index (χ0n) is 14.5. The van der Waals surface area contributed by atoms with Gasteiger partial charge in [0.05, 0.1) is 11.9 Å². The molecule has 0 bridgehead atoms. The Morgan fingerprint density at radius 1 is 1.04 bits per heavy atom. The Labute approximate surface area is 144 Å². The summed E-state index contributed by atoms with van der Waals surface area (Å²) in [5.41, 5.74) is 1.33. The summed E-state index contributed by atoms with van der Waals surface area (Å²) in [5.74, 6) is 0.379. The van der Waals surface area contributed by atoms with Crippen molar-refractivity contribution < 1.29 is 4.79 Å². The molecule has 3 saturated heterocycles. The molecule has 130 valence electrons. The highest BCUT2D eigenvalue weighted by atomic mass is 16.2. The van der Waals surface area contributed by atoms with Crippen molar-refractivity contribution in [3.8, 4) is 0 Å². The van der Waals surface area contributed by atoms with E-state index in [1.54, 1.807) is 0 Å². The van der Waals surface area contributed by atoms with E-state index in [-0.39, 0.29) is 5.54 Å². The number of piperidine rings is 1. The van der Waals surface area contributed by atoms with E-state index in [2.05, 4.69) is 25.8 Å². The lowest BCUT2D eigenvalue weighted by atomic mass is 9.84. The molecule has 0 N–H and O–H groups in total. The van der Waals surface area contributed by atoms with E-state index in [0.29, 0.717) is 5.91 Å². The Morgan fingerprint density at radius 2 is 1.83 bits per heavy atom. The molecular formula is C19H28N4O. The zero-order chi connectivity index (χ0) is 16.4. The average molecular weight is 328 g/mol. The second kappa shape index (κ2) is 6.71. The number of aromatic nitrogens is 1. The summed E-state index contributed by atoms with van der Waals surface area (Å²) < 4.78 is 0. The summed E-state index contributed by atoms with van der Waals surface area (Å²) in [6.45, 7) is 6.46. The van der Waals surface area contributed by atoms with Crippen LogP contribution in [0.3, 0.4) is 0 Å². The van der Waals surface area contributed by atoms with Crippen molar-refractivity contribution in [2.75, 3.05) is 44.2 Å². The number of hydrogen-bond donors (Lipinski definition) is 0. The van der Waals surface area contributed by atoms with Crippen molar-refractivity contribution in [1.82, 2.24) is 14.8 Å². The number of hydrogen-bond acceptors (Lipinski definition) is 4. The summed E-state index contributed by atoms with van der Waals surface area (Å²) >= 11 is 0. The van der Waals surface area contributed by atoms with E-state index in [1.807, 2.05) is 18.5 Å². The van der Waals surface area contributed by atoms with Gasteiger partial charge in [0.15, 0.2) is 0 Å². The molecule has 1 spiro atoms. The molecule has 5 nitrogen and oxygen atoms in total. The molecule has 0 radical (unpaired) electrons. The first kappa shape index (κ1) is 15.9. The molecular weight excluding hydrogens is 300 g/mol. The maximum Gasteiger partial charge on any atom is 0.223 e. The third kappa shape index (κ3) is 3.02. The second-order valence-electron chi connectivity index (χ2n) is 7.52. The lowest BCUT2D eigenvalue weighted by Gasteiger charge is -2.46. The van der Waals surface area contributed by atoms with Crippen LogP contribution >= 0.6 is 0 Å². The predicted molar refractivity (Wildman–Crippen MR) is 95.0 cm³/mol. The summed E-state index contributed by atoms with van der Waals surface area (Å²) in [6, 6.07) is 4.14. The number of carbonyl (C=O) groups is 1. The Balaban J connectivity index is 1.39. The van der Waals surface area contributed by atoms with Gasteiger partial charge in [-0.15, -0.1) is 0 Å². The molecule has 3 fully saturated rings. The molecule has 5 heteroatoms. The van der Waals surface area contributed by atoms with Gasteiger partial charge in [0.1, 0.15) is 0 Å². The highest BCUT2D eigenvalue weighted by Gasteiger charge is 2.46. The van der Waals surface area contributed by atoms with E-state index in [1.165, 1.54) is 31.6 Å². The highest BCUT2D eigenvalue weighted by molar-refractivity contribution is 5.79. The quantitative estimate of drug-likeness (QED) is 0.849. The normalized spacial score (nSPS) is 24.2. The summed E-state index contributed by atoms with van der Waals surface area (Å²) in [6.07, 6.45) is 10.4. The molecule has 1 amide bonds. The summed E-state index contributed by atoms with van der Waals surface area (Å²) in [7, 11) is 0. The third-order valence-corrected chi connectivity index (χ3v) is 6.22. The Bertz CT molecular complexity index is 562. The second-order valence-corrected chi connectivity index (χ2v) is 7.52. The molecule has 3 aliphatic heterocycles. The van der Waals surface area contributed by atoms with E-state index in [9.17, 15) is 4.79 Å². The van der Waals surface area contributed by atoms with Gasteiger partial charge in [-0.3, -0.25) is 9.78 Å². The molecule has 1 aromatic rings. The van der Waals surface area contributed by atoms with Crippen molar-refractivity contribution in [1.29, 1.82) is 0 Å². The van der Waals surface area contributed by atoms with Crippen LogP contribution in [0.1, 0.15) is 38.5 Å². The van der Waals surface area contributed by atoms with E-state index in [0.717, 1.165) is 51.9 Å². The summed E-state index contributed by atoms with van der Waals surface area (Å²) in [4.78, 5) is 23.9. The molecule has 0 aromatic carbocycles. The zero-order valence-corrected chi connectivity index (χ0v) is 14.5. The minimum absolute atomic E-state index is 0.121. The first-order chi connectivity index (χ1) is 11.8. The molecule has 3 aliphatic rings. The van der Waals surface area contributed by atoms with Gasteiger partial charge in [-0.2, -0.15) is 0 Å². The molecule has 4 rings (SSSR count). The van der Waals surface area contributed by atoms with Crippen LogP contribution in [0.15, 0.2) is 24.5 Å².